The fourth-order valence-electron chi connectivity index (χ4n) is 4.09. The summed E-state index contributed by atoms with van der Waals surface area (Å²) in [7, 11) is 0. The molecule has 12 heteroatoms. The highest BCUT2D eigenvalue weighted by atomic mass is 32.1. The van der Waals surface area contributed by atoms with Crippen LogP contribution in [0.2, 0.25) is 0 Å². The molecule has 184 valence electrons. The highest BCUT2D eigenvalue weighted by molar-refractivity contribution is 7.22. The molecule has 0 radical (unpaired) electrons. The van der Waals surface area contributed by atoms with E-state index in [4.69, 9.17) is 14.5 Å². The summed E-state index contributed by atoms with van der Waals surface area (Å²) >= 11 is 1.19. The summed E-state index contributed by atoms with van der Waals surface area (Å²) in [6.07, 6.45) is -3.19. The largest absolute Gasteiger partial charge is 0.573 e. The molecule has 0 bridgehead atoms. The number of nitrogens with one attached hydrogen (secondary N) is 1. The Morgan fingerprint density at radius 3 is 2.71 bits per heavy atom. The number of carbonyl (C=O) groups excluding carboxylic acids is 1. The maximum atomic E-state index is 12.6. The van der Waals surface area contributed by atoms with Gasteiger partial charge in [0.15, 0.2) is 5.13 Å². The number of esters is 1. The van der Waals surface area contributed by atoms with Crippen LogP contribution >= 0.6 is 11.3 Å². The van der Waals surface area contributed by atoms with Crippen molar-refractivity contribution in [3.63, 3.8) is 0 Å². The number of anilines is 2. The van der Waals surface area contributed by atoms with Gasteiger partial charge in [0.25, 0.3) is 0 Å². The number of imidazole rings is 1. The number of nitrogens with zero attached hydrogens (tertiary/aromatic N) is 3. The Kier molecular flexibility index (Phi) is 6.24. The molecule has 0 unspecified atom stereocenters. The Hall–Kier alpha value is -3.38. The molecule has 3 heterocycles. The average Bonchev–Trinajstić information content (AvgIpc) is 3.38. The second-order valence-electron chi connectivity index (χ2n) is 7.89. The second kappa shape index (κ2) is 9.34. The van der Waals surface area contributed by atoms with E-state index >= 15 is 0 Å². The van der Waals surface area contributed by atoms with Gasteiger partial charge in [0.1, 0.15) is 5.75 Å². The van der Waals surface area contributed by atoms with Gasteiger partial charge in [-0.15, -0.1) is 13.2 Å². The van der Waals surface area contributed by atoms with Crippen molar-refractivity contribution < 1.29 is 32.2 Å². The molecule has 1 saturated heterocycles. The molecule has 1 aliphatic rings. The first-order chi connectivity index (χ1) is 16.8. The SMILES string of the molecule is CCOC(=O)c1ccc2c(c1)nc(Nc1nc3ccc(OC(F)(F)F)cc3s1)n2C1CCOCC1. The van der Waals surface area contributed by atoms with Crippen molar-refractivity contribution in [3.8, 4) is 5.75 Å². The molecular weight excluding hydrogens is 485 g/mol. The maximum absolute atomic E-state index is 12.6. The Labute approximate surface area is 201 Å². The van der Waals surface area contributed by atoms with Crippen LogP contribution in [0.1, 0.15) is 36.2 Å². The summed E-state index contributed by atoms with van der Waals surface area (Å²) in [6.45, 7) is 3.25. The maximum Gasteiger partial charge on any atom is 0.573 e. The smallest absolute Gasteiger partial charge is 0.462 e. The van der Waals surface area contributed by atoms with E-state index in [1.807, 2.05) is 6.07 Å². The molecule has 35 heavy (non-hydrogen) atoms. The van der Waals surface area contributed by atoms with Gasteiger partial charge in [0.2, 0.25) is 5.95 Å². The van der Waals surface area contributed by atoms with E-state index in [1.165, 1.54) is 29.5 Å². The van der Waals surface area contributed by atoms with Crippen molar-refractivity contribution >= 4 is 49.6 Å². The highest BCUT2D eigenvalue weighted by Crippen LogP contribution is 2.36. The molecule has 8 nitrogen and oxygen atoms in total. The number of benzene rings is 2. The predicted octanol–water partition coefficient (Wildman–Crippen LogP) is 5.82. The summed E-state index contributed by atoms with van der Waals surface area (Å²) in [4.78, 5) is 21.4. The van der Waals surface area contributed by atoms with E-state index in [1.54, 1.807) is 19.1 Å². The number of alkyl halides is 3. The second-order valence-corrected chi connectivity index (χ2v) is 8.92. The fraction of sp³-hybridized carbons (Fsp3) is 0.348. The molecule has 1 N–H and O–H groups in total. The lowest BCUT2D eigenvalue weighted by atomic mass is 10.1. The molecule has 5 rings (SSSR count). The first-order valence-corrected chi connectivity index (χ1v) is 11.8. The number of rotatable bonds is 6. The standard InChI is InChI=1S/C23H21F3N4O4S/c1-2-33-20(31)13-3-6-18-17(11-13)27-21(30(18)14-7-9-32-10-8-14)29-22-28-16-5-4-15(12-19(16)35-22)34-23(24,25)26/h3-6,11-12,14H,2,7-10H2,1H3,(H,27,28,29). The Morgan fingerprint density at radius 2 is 1.97 bits per heavy atom. The van der Waals surface area contributed by atoms with Crippen molar-refractivity contribution in [2.75, 3.05) is 25.1 Å². The van der Waals surface area contributed by atoms with Crippen LogP contribution in [-0.2, 0) is 9.47 Å². The average molecular weight is 507 g/mol. The highest BCUT2D eigenvalue weighted by Gasteiger charge is 2.31. The van der Waals surface area contributed by atoms with E-state index in [9.17, 15) is 18.0 Å². The molecule has 0 amide bonds. The van der Waals surface area contributed by atoms with Gasteiger partial charge >= 0.3 is 12.3 Å². The molecule has 0 atom stereocenters. The van der Waals surface area contributed by atoms with Crippen LogP contribution in [0.5, 0.6) is 5.75 Å². The van der Waals surface area contributed by atoms with Crippen molar-refractivity contribution in [1.82, 2.24) is 14.5 Å². The molecule has 0 aliphatic carbocycles. The molecule has 1 aliphatic heterocycles. The molecule has 1 fully saturated rings. The lowest BCUT2D eigenvalue weighted by Gasteiger charge is -2.25. The topological polar surface area (TPSA) is 87.5 Å². The third-order valence-corrected chi connectivity index (χ3v) is 6.50. The fourth-order valence-corrected chi connectivity index (χ4v) is 4.98. The zero-order valence-electron chi connectivity index (χ0n) is 18.6. The number of aromatic nitrogens is 3. The van der Waals surface area contributed by atoms with Crippen LogP contribution in [0.3, 0.4) is 0 Å². The van der Waals surface area contributed by atoms with Crippen LogP contribution < -0.4 is 10.1 Å². The first kappa shape index (κ1) is 23.4. The van der Waals surface area contributed by atoms with Gasteiger partial charge in [-0.25, -0.2) is 14.8 Å². The lowest BCUT2D eigenvalue weighted by molar-refractivity contribution is -0.274. The van der Waals surface area contributed by atoms with E-state index in [-0.39, 0.29) is 18.4 Å². The molecule has 4 aromatic rings. The van der Waals surface area contributed by atoms with Crippen LogP contribution in [0.4, 0.5) is 24.3 Å². The van der Waals surface area contributed by atoms with Gasteiger partial charge in [0, 0.05) is 25.3 Å². The number of thiazole rings is 1. The van der Waals surface area contributed by atoms with Gasteiger partial charge in [-0.1, -0.05) is 11.3 Å². The predicted molar refractivity (Wildman–Crippen MR) is 124 cm³/mol. The van der Waals surface area contributed by atoms with Crippen molar-refractivity contribution in [2.24, 2.45) is 0 Å². The summed E-state index contributed by atoms with van der Waals surface area (Å²) in [6, 6.07) is 9.37. The normalized spacial score (nSPS) is 15.0. The van der Waals surface area contributed by atoms with Crippen molar-refractivity contribution in [1.29, 1.82) is 0 Å². The van der Waals surface area contributed by atoms with E-state index in [0.717, 1.165) is 18.4 Å². The van der Waals surface area contributed by atoms with Gasteiger partial charge in [-0.3, -0.25) is 0 Å². The Morgan fingerprint density at radius 1 is 1.17 bits per heavy atom. The van der Waals surface area contributed by atoms with Crippen LogP contribution in [0.25, 0.3) is 21.3 Å². The molecule has 0 spiro atoms. The van der Waals surface area contributed by atoms with Crippen LogP contribution in [-0.4, -0.2) is 46.7 Å². The minimum Gasteiger partial charge on any atom is -0.462 e. The number of ether oxygens (including phenoxy) is 3. The number of hydrogen-bond donors (Lipinski definition) is 1. The number of hydrogen-bond acceptors (Lipinski definition) is 8. The molecule has 2 aromatic carbocycles. The lowest BCUT2D eigenvalue weighted by Crippen LogP contribution is -2.20. The zero-order valence-corrected chi connectivity index (χ0v) is 19.4. The summed E-state index contributed by atoms with van der Waals surface area (Å²) < 4.78 is 55.0. The van der Waals surface area contributed by atoms with E-state index < -0.39 is 12.3 Å². The van der Waals surface area contributed by atoms with Gasteiger partial charge in [-0.2, -0.15) is 0 Å². The van der Waals surface area contributed by atoms with Gasteiger partial charge in [0.05, 0.1) is 33.4 Å². The molecule has 2 aromatic heterocycles. The number of carbonyl (C=O) groups is 1. The summed E-state index contributed by atoms with van der Waals surface area (Å²) in [5.41, 5.74) is 2.39. The minimum absolute atomic E-state index is 0.117. The Balaban J connectivity index is 1.51. The van der Waals surface area contributed by atoms with Crippen molar-refractivity contribution in [2.45, 2.75) is 32.2 Å². The summed E-state index contributed by atoms with van der Waals surface area (Å²) in [5, 5.41) is 3.70. The van der Waals surface area contributed by atoms with Crippen LogP contribution in [0.15, 0.2) is 36.4 Å². The number of halogens is 3. The van der Waals surface area contributed by atoms with E-state index in [2.05, 4.69) is 19.6 Å². The quantitative estimate of drug-likeness (QED) is 0.330. The zero-order chi connectivity index (χ0) is 24.6. The van der Waals surface area contributed by atoms with Crippen LogP contribution in [0, 0.1) is 0 Å². The first-order valence-electron chi connectivity index (χ1n) is 11.0. The number of fused-ring (bicyclic) bond motifs is 2. The third-order valence-electron chi connectivity index (χ3n) is 5.57. The van der Waals surface area contributed by atoms with Gasteiger partial charge < -0.3 is 24.1 Å². The third kappa shape index (κ3) is 5.03. The minimum atomic E-state index is -4.77. The molecule has 0 saturated carbocycles. The summed E-state index contributed by atoms with van der Waals surface area (Å²) in [5.74, 6) is -0.201. The van der Waals surface area contributed by atoms with E-state index in [0.29, 0.717) is 45.6 Å². The monoisotopic (exact) mass is 506 g/mol. The molecular formula is C23H21F3N4O4S. The van der Waals surface area contributed by atoms with Crippen molar-refractivity contribution in [3.05, 3.63) is 42.0 Å². The van der Waals surface area contributed by atoms with Gasteiger partial charge in [-0.05, 0) is 50.1 Å². The Bertz CT molecular complexity index is 1380.